The van der Waals surface area contributed by atoms with E-state index in [1.54, 1.807) is 35.5 Å². The van der Waals surface area contributed by atoms with Gasteiger partial charge in [-0.15, -0.1) is 0 Å². The summed E-state index contributed by atoms with van der Waals surface area (Å²) in [6, 6.07) is 8.21. The van der Waals surface area contributed by atoms with Crippen molar-refractivity contribution in [3.63, 3.8) is 0 Å². The zero-order valence-corrected chi connectivity index (χ0v) is 10.1. The Hall–Kier alpha value is -2.56. The molecule has 2 N–H and O–H groups in total. The van der Waals surface area contributed by atoms with Crippen LogP contribution in [-0.2, 0) is 6.54 Å². The first-order valence-electron chi connectivity index (χ1n) is 5.82. The number of benzene rings is 1. The van der Waals surface area contributed by atoms with Crippen molar-refractivity contribution in [2.45, 2.75) is 6.54 Å². The van der Waals surface area contributed by atoms with Crippen molar-refractivity contribution in [2.75, 3.05) is 5.73 Å². The quantitative estimate of drug-likeness (QED) is 0.784. The molecule has 1 aromatic carbocycles. The lowest BCUT2D eigenvalue weighted by Gasteiger charge is -2.01. The Labute approximate surface area is 109 Å². The van der Waals surface area contributed by atoms with Gasteiger partial charge < -0.3 is 10.2 Å². The average molecular weight is 257 g/mol. The van der Waals surface area contributed by atoms with Crippen molar-refractivity contribution in [2.24, 2.45) is 0 Å². The minimum absolute atomic E-state index is 0.257. The van der Waals surface area contributed by atoms with Crippen LogP contribution >= 0.6 is 0 Å². The number of anilines is 1. The fraction of sp³-hybridized carbons (Fsp3) is 0.0714. The topological polar surface area (TPSA) is 57.0 Å². The maximum atomic E-state index is 13.1. The van der Waals surface area contributed by atoms with Crippen LogP contribution < -0.4 is 5.73 Å². The minimum Gasteiger partial charge on any atom is -0.472 e. The van der Waals surface area contributed by atoms with Crippen molar-refractivity contribution < 1.29 is 8.81 Å². The molecule has 0 saturated heterocycles. The highest BCUT2D eigenvalue weighted by Gasteiger charge is 2.10. The molecule has 0 atom stereocenters. The van der Waals surface area contributed by atoms with Gasteiger partial charge >= 0.3 is 0 Å². The Kier molecular flexibility index (Phi) is 2.79. The smallest absolute Gasteiger partial charge is 0.123 e. The molecule has 0 aliphatic rings. The van der Waals surface area contributed by atoms with Crippen molar-refractivity contribution in [1.82, 2.24) is 9.78 Å². The number of aromatic nitrogens is 2. The fourth-order valence-corrected chi connectivity index (χ4v) is 1.96. The Morgan fingerprint density at radius 2 is 2.21 bits per heavy atom. The van der Waals surface area contributed by atoms with Crippen LogP contribution in [0.25, 0.3) is 11.3 Å². The number of nitrogen functional groups attached to an aromatic ring is 1. The molecule has 0 saturated carbocycles. The summed E-state index contributed by atoms with van der Waals surface area (Å²) in [5, 5.41) is 4.39. The van der Waals surface area contributed by atoms with Crippen LogP contribution in [0.1, 0.15) is 5.56 Å². The number of nitrogens with zero attached hydrogens (tertiary/aromatic N) is 2. The summed E-state index contributed by atoms with van der Waals surface area (Å²) in [6.07, 6.45) is 4.89. The summed E-state index contributed by atoms with van der Waals surface area (Å²) in [6.45, 7) is 0.472. The van der Waals surface area contributed by atoms with Gasteiger partial charge in [-0.1, -0.05) is 12.1 Å². The van der Waals surface area contributed by atoms with E-state index in [1.807, 2.05) is 6.07 Å². The molecule has 96 valence electrons. The third kappa shape index (κ3) is 2.35. The van der Waals surface area contributed by atoms with E-state index in [0.29, 0.717) is 17.9 Å². The van der Waals surface area contributed by atoms with E-state index in [1.165, 1.54) is 12.1 Å². The maximum Gasteiger partial charge on any atom is 0.123 e. The molecule has 0 bridgehead atoms. The molecular formula is C14H12FN3O. The predicted octanol–water partition coefficient (Wildman–Crippen LogP) is 2.91. The molecule has 0 radical (unpaired) electrons. The third-order valence-corrected chi connectivity index (χ3v) is 2.82. The Morgan fingerprint density at radius 3 is 2.95 bits per heavy atom. The fourth-order valence-electron chi connectivity index (χ4n) is 1.96. The first-order valence-corrected chi connectivity index (χ1v) is 5.82. The van der Waals surface area contributed by atoms with Gasteiger partial charge in [-0.05, 0) is 23.8 Å². The molecule has 0 aliphatic carbocycles. The molecule has 0 spiro atoms. The van der Waals surface area contributed by atoms with Gasteiger partial charge in [0.25, 0.3) is 0 Å². The summed E-state index contributed by atoms with van der Waals surface area (Å²) in [7, 11) is 0. The van der Waals surface area contributed by atoms with Gasteiger partial charge in [0.15, 0.2) is 0 Å². The summed E-state index contributed by atoms with van der Waals surface area (Å²) in [5.74, 6) is -0.257. The van der Waals surface area contributed by atoms with Gasteiger partial charge in [0.2, 0.25) is 0 Å². The zero-order chi connectivity index (χ0) is 13.2. The van der Waals surface area contributed by atoms with Crippen molar-refractivity contribution >= 4 is 5.69 Å². The van der Waals surface area contributed by atoms with E-state index in [0.717, 1.165) is 11.1 Å². The first-order chi connectivity index (χ1) is 9.22. The summed E-state index contributed by atoms with van der Waals surface area (Å²) < 4.78 is 19.8. The van der Waals surface area contributed by atoms with Gasteiger partial charge in [-0.3, -0.25) is 4.68 Å². The highest BCUT2D eigenvalue weighted by atomic mass is 19.1. The predicted molar refractivity (Wildman–Crippen MR) is 69.8 cm³/mol. The number of halogens is 1. The molecular weight excluding hydrogens is 245 g/mol. The molecule has 3 rings (SSSR count). The highest BCUT2D eigenvalue weighted by Crippen LogP contribution is 2.24. The average Bonchev–Trinajstić information content (AvgIpc) is 2.98. The third-order valence-electron chi connectivity index (χ3n) is 2.82. The standard InChI is InChI=1S/C14H12FN3O/c15-12-3-1-2-10(6-12)7-18-8-13(16)14(17-18)11-4-5-19-9-11/h1-6,8-9H,7,16H2. The molecule has 0 amide bonds. The van der Waals surface area contributed by atoms with E-state index < -0.39 is 0 Å². The number of hydrogen-bond acceptors (Lipinski definition) is 3. The SMILES string of the molecule is Nc1cn(Cc2cccc(F)c2)nc1-c1ccoc1. The van der Waals surface area contributed by atoms with Crippen molar-refractivity contribution in [1.29, 1.82) is 0 Å². The van der Waals surface area contributed by atoms with Crippen LogP contribution in [0.3, 0.4) is 0 Å². The molecule has 4 nitrogen and oxygen atoms in total. The van der Waals surface area contributed by atoms with Crippen LogP contribution in [0.2, 0.25) is 0 Å². The van der Waals surface area contributed by atoms with Gasteiger partial charge in [-0.2, -0.15) is 5.10 Å². The summed E-state index contributed by atoms with van der Waals surface area (Å²) in [4.78, 5) is 0. The molecule has 2 heterocycles. The van der Waals surface area contributed by atoms with E-state index >= 15 is 0 Å². The number of rotatable bonds is 3. The van der Waals surface area contributed by atoms with Gasteiger partial charge in [0.1, 0.15) is 11.5 Å². The van der Waals surface area contributed by atoms with Crippen LogP contribution in [0.5, 0.6) is 0 Å². The van der Waals surface area contributed by atoms with E-state index in [2.05, 4.69) is 5.10 Å². The number of nitrogens with two attached hydrogens (primary N) is 1. The lowest BCUT2D eigenvalue weighted by atomic mass is 10.2. The molecule has 2 aromatic heterocycles. The lowest BCUT2D eigenvalue weighted by Crippen LogP contribution is -2.00. The monoisotopic (exact) mass is 257 g/mol. The normalized spacial score (nSPS) is 10.8. The van der Waals surface area contributed by atoms with Crippen molar-refractivity contribution in [3.05, 3.63) is 60.4 Å². The molecule has 19 heavy (non-hydrogen) atoms. The van der Waals surface area contributed by atoms with E-state index in [-0.39, 0.29) is 5.82 Å². The zero-order valence-electron chi connectivity index (χ0n) is 10.1. The molecule has 0 unspecified atom stereocenters. The number of furan rings is 1. The van der Waals surface area contributed by atoms with Gasteiger partial charge in [0, 0.05) is 11.8 Å². The van der Waals surface area contributed by atoms with Crippen LogP contribution in [0, 0.1) is 5.82 Å². The summed E-state index contributed by atoms with van der Waals surface area (Å²) in [5.41, 5.74) is 8.82. The van der Waals surface area contributed by atoms with Crippen LogP contribution in [-0.4, -0.2) is 9.78 Å². The first kappa shape index (κ1) is 11.5. The Balaban J connectivity index is 1.89. The van der Waals surface area contributed by atoms with Crippen LogP contribution in [0.4, 0.5) is 10.1 Å². The van der Waals surface area contributed by atoms with Crippen molar-refractivity contribution in [3.8, 4) is 11.3 Å². The second-order valence-electron chi connectivity index (χ2n) is 4.27. The van der Waals surface area contributed by atoms with E-state index in [9.17, 15) is 4.39 Å². The molecule has 5 heteroatoms. The number of hydrogen-bond donors (Lipinski definition) is 1. The van der Waals surface area contributed by atoms with E-state index in [4.69, 9.17) is 10.2 Å². The Morgan fingerprint density at radius 1 is 1.32 bits per heavy atom. The summed E-state index contributed by atoms with van der Waals surface area (Å²) >= 11 is 0. The van der Waals surface area contributed by atoms with Crippen LogP contribution in [0.15, 0.2) is 53.5 Å². The largest absolute Gasteiger partial charge is 0.472 e. The highest BCUT2D eigenvalue weighted by molar-refractivity contribution is 5.70. The molecule has 3 aromatic rings. The second-order valence-corrected chi connectivity index (χ2v) is 4.27. The molecule has 0 fully saturated rings. The molecule has 0 aliphatic heterocycles. The van der Waals surface area contributed by atoms with Gasteiger partial charge in [0.05, 0.1) is 24.8 Å². The lowest BCUT2D eigenvalue weighted by molar-refractivity contribution is 0.568. The Bertz CT molecular complexity index is 689. The minimum atomic E-state index is -0.257. The second kappa shape index (κ2) is 4.61. The maximum absolute atomic E-state index is 13.1. The van der Waals surface area contributed by atoms with Gasteiger partial charge in [-0.25, -0.2) is 4.39 Å².